The SMILES string of the molecule is CC(C)(C)c1ccc(-c2cc(-c3ccccc3)ccc2O[PH](=O)O[PH](=O)O)c(C(C)(C)C)c1. The van der Waals surface area contributed by atoms with Gasteiger partial charge in [-0.15, -0.1) is 0 Å². The molecule has 3 rings (SSSR count). The minimum absolute atomic E-state index is 0.0174. The van der Waals surface area contributed by atoms with Gasteiger partial charge in [0.1, 0.15) is 5.75 Å². The molecule has 5 nitrogen and oxygen atoms in total. The highest BCUT2D eigenvalue weighted by atomic mass is 31.2. The maximum atomic E-state index is 12.2. The Morgan fingerprint density at radius 3 is 1.97 bits per heavy atom. The van der Waals surface area contributed by atoms with Crippen LogP contribution in [0, 0.1) is 0 Å². The number of hydrogen-bond acceptors (Lipinski definition) is 4. The molecular formula is C26H32O5P2. The Bertz CT molecular complexity index is 1180. The fraction of sp³-hybridized carbons (Fsp3) is 0.308. The molecule has 0 saturated carbocycles. The van der Waals surface area contributed by atoms with Crippen LogP contribution in [0.15, 0.2) is 66.7 Å². The fourth-order valence-corrected chi connectivity index (χ4v) is 4.78. The molecule has 176 valence electrons. The summed E-state index contributed by atoms with van der Waals surface area (Å²) >= 11 is 0. The van der Waals surface area contributed by atoms with Gasteiger partial charge in [0.2, 0.25) is 0 Å². The van der Waals surface area contributed by atoms with Gasteiger partial charge in [-0.3, -0.25) is 4.57 Å². The first-order chi connectivity index (χ1) is 15.4. The van der Waals surface area contributed by atoms with E-state index < -0.39 is 16.5 Å². The summed E-state index contributed by atoms with van der Waals surface area (Å²) in [7, 11) is -6.57. The van der Waals surface area contributed by atoms with Crippen molar-refractivity contribution in [2.45, 2.75) is 52.4 Å². The van der Waals surface area contributed by atoms with Crippen LogP contribution in [0.2, 0.25) is 0 Å². The van der Waals surface area contributed by atoms with E-state index in [4.69, 9.17) is 9.42 Å². The van der Waals surface area contributed by atoms with Crippen molar-refractivity contribution in [2.24, 2.45) is 0 Å². The van der Waals surface area contributed by atoms with Gasteiger partial charge in [0, 0.05) is 5.56 Å². The van der Waals surface area contributed by atoms with Crippen molar-refractivity contribution in [3.8, 4) is 28.0 Å². The van der Waals surface area contributed by atoms with Crippen molar-refractivity contribution in [1.82, 2.24) is 0 Å². The highest BCUT2D eigenvalue weighted by Gasteiger charge is 2.25. The molecule has 0 heterocycles. The molecule has 0 bridgehead atoms. The Hall–Kier alpha value is -2.16. The quantitative estimate of drug-likeness (QED) is 0.360. The van der Waals surface area contributed by atoms with E-state index in [-0.39, 0.29) is 10.8 Å². The lowest BCUT2D eigenvalue weighted by Crippen LogP contribution is -2.17. The van der Waals surface area contributed by atoms with Crippen LogP contribution in [0.5, 0.6) is 5.75 Å². The Kier molecular flexibility index (Phi) is 7.71. The Labute approximate surface area is 197 Å². The van der Waals surface area contributed by atoms with Gasteiger partial charge < -0.3 is 9.42 Å². The fourth-order valence-electron chi connectivity index (χ4n) is 3.69. The number of rotatable bonds is 6. The van der Waals surface area contributed by atoms with E-state index >= 15 is 0 Å². The average Bonchev–Trinajstić information content (AvgIpc) is 2.72. The van der Waals surface area contributed by atoms with E-state index in [0.29, 0.717) is 5.75 Å². The van der Waals surface area contributed by atoms with E-state index in [0.717, 1.165) is 27.8 Å². The average molecular weight is 486 g/mol. The number of benzene rings is 3. The summed E-state index contributed by atoms with van der Waals surface area (Å²) in [6, 6.07) is 22.0. The first-order valence-corrected chi connectivity index (χ1v) is 13.3. The van der Waals surface area contributed by atoms with Gasteiger partial charge in [0.15, 0.2) is 0 Å². The van der Waals surface area contributed by atoms with Gasteiger partial charge in [-0.05, 0) is 50.8 Å². The van der Waals surface area contributed by atoms with E-state index in [1.807, 2.05) is 42.5 Å². The van der Waals surface area contributed by atoms with Gasteiger partial charge in [-0.2, -0.15) is 0 Å². The summed E-state index contributed by atoms with van der Waals surface area (Å²) < 4.78 is 33.4. The smallest absolute Gasteiger partial charge is 0.374 e. The van der Waals surface area contributed by atoms with Crippen LogP contribution in [0.4, 0.5) is 0 Å². The summed E-state index contributed by atoms with van der Waals surface area (Å²) in [5.41, 5.74) is 5.88. The Balaban J connectivity index is 2.24. The molecule has 0 fully saturated rings. The first-order valence-electron chi connectivity index (χ1n) is 10.8. The van der Waals surface area contributed by atoms with Crippen molar-refractivity contribution in [3.63, 3.8) is 0 Å². The highest BCUT2D eigenvalue weighted by molar-refractivity contribution is 7.47. The van der Waals surface area contributed by atoms with Crippen molar-refractivity contribution < 1.29 is 22.9 Å². The molecule has 0 aliphatic heterocycles. The molecule has 1 N–H and O–H groups in total. The van der Waals surface area contributed by atoms with Crippen molar-refractivity contribution in [2.75, 3.05) is 0 Å². The topological polar surface area (TPSA) is 72.8 Å². The minimum atomic E-state index is -3.38. The third kappa shape index (κ3) is 6.46. The van der Waals surface area contributed by atoms with Crippen LogP contribution in [0.25, 0.3) is 22.3 Å². The van der Waals surface area contributed by atoms with Crippen LogP contribution >= 0.6 is 16.5 Å². The molecule has 0 aliphatic carbocycles. The predicted molar refractivity (Wildman–Crippen MR) is 137 cm³/mol. The molecule has 2 atom stereocenters. The summed E-state index contributed by atoms with van der Waals surface area (Å²) in [5.74, 6) is 0.343. The lowest BCUT2D eigenvalue weighted by molar-refractivity contribution is 0.375. The molecule has 0 aliphatic rings. The maximum absolute atomic E-state index is 12.2. The zero-order chi connectivity index (χ0) is 24.4. The zero-order valence-electron chi connectivity index (χ0n) is 19.9. The van der Waals surface area contributed by atoms with E-state index in [2.05, 4.69) is 64.1 Å². The molecular weight excluding hydrogens is 454 g/mol. The van der Waals surface area contributed by atoms with Crippen LogP contribution < -0.4 is 4.52 Å². The Morgan fingerprint density at radius 2 is 1.39 bits per heavy atom. The second kappa shape index (κ2) is 9.99. The normalized spacial score (nSPS) is 14.0. The predicted octanol–water partition coefficient (Wildman–Crippen LogP) is 7.78. The van der Waals surface area contributed by atoms with Crippen LogP contribution in [-0.4, -0.2) is 4.89 Å². The zero-order valence-corrected chi connectivity index (χ0v) is 21.9. The van der Waals surface area contributed by atoms with E-state index in [1.54, 1.807) is 6.07 Å². The number of hydrogen-bond donors (Lipinski definition) is 1. The van der Waals surface area contributed by atoms with Crippen LogP contribution in [-0.2, 0) is 24.3 Å². The van der Waals surface area contributed by atoms with Crippen LogP contribution in [0.3, 0.4) is 0 Å². The van der Waals surface area contributed by atoms with E-state index in [1.165, 1.54) is 5.56 Å². The molecule has 7 heteroatoms. The standard InChI is InChI=1S/C26H32O5P2/c1-25(2,3)20-13-14-21(23(17-20)26(4,5)6)22-16-19(18-10-8-7-9-11-18)12-15-24(22)30-33(29)31-32(27)28/h7-17,32-33H,1-6H3,(H,27,28). The molecule has 0 saturated heterocycles. The molecule has 0 radical (unpaired) electrons. The van der Waals surface area contributed by atoms with E-state index in [9.17, 15) is 9.13 Å². The Morgan fingerprint density at radius 1 is 0.727 bits per heavy atom. The van der Waals surface area contributed by atoms with Crippen molar-refractivity contribution >= 4 is 16.5 Å². The van der Waals surface area contributed by atoms with Gasteiger partial charge in [-0.1, -0.05) is 96.1 Å². The third-order valence-corrected chi connectivity index (χ3v) is 7.19. The molecule has 33 heavy (non-hydrogen) atoms. The van der Waals surface area contributed by atoms with Crippen molar-refractivity contribution in [3.05, 3.63) is 77.9 Å². The minimum Gasteiger partial charge on any atom is -0.425 e. The summed E-state index contributed by atoms with van der Waals surface area (Å²) in [5, 5.41) is 0. The highest BCUT2D eigenvalue weighted by Crippen LogP contribution is 2.45. The monoisotopic (exact) mass is 486 g/mol. The maximum Gasteiger partial charge on any atom is 0.374 e. The summed E-state index contributed by atoms with van der Waals surface area (Å²) in [4.78, 5) is 9.01. The molecule has 0 amide bonds. The summed E-state index contributed by atoms with van der Waals surface area (Å²) in [6.07, 6.45) is 0. The lowest BCUT2D eigenvalue weighted by atomic mass is 9.77. The molecule has 3 aromatic carbocycles. The molecule has 0 aromatic heterocycles. The first kappa shape index (κ1) is 25.5. The van der Waals surface area contributed by atoms with Gasteiger partial charge in [-0.25, -0.2) is 8.88 Å². The molecule has 3 aromatic rings. The summed E-state index contributed by atoms with van der Waals surface area (Å²) in [6.45, 7) is 13.0. The van der Waals surface area contributed by atoms with Gasteiger partial charge in [0.25, 0.3) is 0 Å². The lowest BCUT2D eigenvalue weighted by Gasteiger charge is -2.28. The second-order valence-electron chi connectivity index (χ2n) is 10.1. The largest absolute Gasteiger partial charge is 0.425 e. The third-order valence-electron chi connectivity index (χ3n) is 5.43. The second-order valence-corrected chi connectivity index (χ2v) is 12.1. The van der Waals surface area contributed by atoms with Crippen LogP contribution in [0.1, 0.15) is 52.7 Å². The van der Waals surface area contributed by atoms with Crippen molar-refractivity contribution in [1.29, 1.82) is 0 Å². The molecule has 2 unspecified atom stereocenters. The van der Waals surface area contributed by atoms with Gasteiger partial charge in [0.05, 0.1) is 0 Å². The molecule has 0 spiro atoms. The van der Waals surface area contributed by atoms with Gasteiger partial charge >= 0.3 is 16.5 Å².